The smallest absolute Gasteiger partial charge is 0.292 e. The van der Waals surface area contributed by atoms with Crippen molar-refractivity contribution in [1.29, 1.82) is 0 Å². The molecule has 3 aromatic rings. The molecule has 0 fully saturated rings. The van der Waals surface area contributed by atoms with Crippen LogP contribution in [0.5, 0.6) is 11.5 Å². The van der Waals surface area contributed by atoms with Gasteiger partial charge in [0, 0.05) is 6.07 Å². The van der Waals surface area contributed by atoms with Gasteiger partial charge in [-0.3, -0.25) is 9.98 Å². The van der Waals surface area contributed by atoms with E-state index < -0.39 is 0 Å². The second kappa shape index (κ2) is 13.0. The van der Waals surface area contributed by atoms with Crippen LogP contribution in [0.15, 0.2) is 83.2 Å². The van der Waals surface area contributed by atoms with Crippen LogP contribution < -0.4 is 19.5 Å². The molecule has 0 amide bonds. The fourth-order valence-electron chi connectivity index (χ4n) is 4.62. The molecule has 2 heterocycles. The average molecular weight is 528 g/mol. The largest absolute Gasteiger partial charge is 0.854 e. The number of ether oxygens (including phenoxy) is 1. The molecule has 1 aromatic heterocycles. The molecule has 204 valence electrons. The highest BCUT2D eigenvalue weighted by Crippen LogP contribution is 2.28. The van der Waals surface area contributed by atoms with Gasteiger partial charge in [-0.25, -0.2) is 13.7 Å². The summed E-state index contributed by atoms with van der Waals surface area (Å²) in [5.74, 6) is 1.29. The van der Waals surface area contributed by atoms with Crippen molar-refractivity contribution >= 4 is 28.9 Å². The van der Waals surface area contributed by atoms with Gasteiger partial charge in [0.1, 0.15) is 30.9 Å². The van der Waals surface area contributed by atoms with Gasteiger partial charge in [-0.05, 0) is 55.3 Å². The van der Waals surface area contributed by atoms with Gasteiger partial charge < -0.3 is 14.9 Å². The number of aromatic nitrogens is 2. The van der Waals surface area contributed by atoms with Gasteiger partial charge >= 0.3 is 0 Å². The Morgan fingerprint density at radius 3 is 2.41 bits per heavy atom. The molecule has 0 spiro atoms. The highest BCUT2D eigenvalue weighted by Gasteiger charge is 2.26. The molecule has 0 N–H and O–H groups in total. The van der Waals surface area contributed by atoms with E-state index in [1.165, 1.54) is 0 Å². The van der Waals surface area contributed by atoms with Gasteiger partial charge in [-0.2, -0.15) is 0 Å². The molecule has 1 aliphatic rings. The Morgan fingerprint density at radius 2 is 1.67 bits per heavy atom. The first kappa shape index (κ1) is 27.8. The molecule has 8 heteroatoms. The Kier molecular flexibility index (Phi) is 9.31. The molecule has 0 radical (unpaired) electrons. The van der Waals surface area contributed by atoms with E-state index in [9.17, 15) is 10.2 Å². The molecule has 0 saturated heterocycles. The summed E-state index contributed by atoms with van der Waals surface area (Å²) in [5, 5.41) is 25.9. The van der Waals surface area contributed by atoms with E-state index in [0.29, 0.717) is 34.4 Å². The number of hydrogen-bond acceptors (Lipinski definition) is 5. The van der Waals surface area contributed by atoms with E-state index in [-0.39, 0.29) is 17.7 Å². The van der Waals surface area contributed by atoms with Gasteiger partial charge in [0.15, 0.2) is 11.9 Å². The Hall–Kier alpha value is -4.20. The third-order valence-corrected chi connectivity index (χ3v) is 6.73. The van der Waals surface area contributed by atoms with Crippen LogP contribution in [0, 0.1) is 5.92 Å². The first-order valence-electron chi connectivity index (χ1n) is 13.6. The van der Waals surface area contributed by atoms with Crippen LogP contribution in [0.1, 0.15) is 51.8 Å². The van der Waals surface area contributed by atoms with E-state index in [2.05, 4.69) is 29.9 Å². The summed E-state index contributed by atoms with van der Waals surface area (Å²) in [4.78, 5) is 8.66. The Morgan fingerprint density at radius 1 is 0.923 bits per heavy atom. The predicted octanol–water partition coefficient (Wildman–Crippen LogP) is 4.15. The van der Waals surface area contributed by atoms with Crippen molar-refractivity contribution in [3.8, 4) is 11.5 Å². The number of benzene rings is 2. The minimum Gasteiger partial charge on any atom is -0.854 e. The highest BCUT2D eigenvalue weighted by molar-refractivity contribution is 6.37. The van der Waals surface area contributed by atoms with E-state index >= 15 is 0 Å². The fraction of sp³-hybridized carbons (Fsp3) is 0.355. The summed E-state index contributed by atoms with van der Waals surface area (Å²) >= 11 is 0. The Bertz CT molecular complexity index is 1400. The summed E-state index contributed by atoms with van der Waals surface area (Å²) in [5.41, 5.74) is 1.79. The Balaban J connectivity index is 1.45. The molecule has 1 aliphatic heterocycles. The van der Waals surface area contributed by atoms with Gasteiger partial charge in [0.25, 0.3) is 5.82 Å². The zero-order valence-electron chi connectivity index (χ0n) is 23.2. The predicted molar refractivity (Wildman–Crippen MR) is 150 cm³/mol. The lowest BCUT2D eigenvalue weighted by atomic mass is 9.97. The van der Waals surface area contributed by atoms with Crippen molar-refractivity contribution in [3.63, 3.8) is 0 Å². The van der Waals surface area contributed by atoms with Crippen LogP contribution in [0.3, 0.4) is 0 Å². The summed E-state index contributed by atoms with van der Waals surface area (Å²) in [6, 6.07) is 14.2. The number of imidazole rings is 1. The van der Waals surface area contributed by atoms with E-state index in [1.807, 2.05) is 54.0 Å². The highest BCUT2D eigenvalue weighted by atomic mass is 16.5. The normalized spacial score (nSPS) is 15.8. The quantitative estimate of drug-likeness (QED) is 0.201. The van der Waals surface area contributed by atoms with Crippen molar-refractivity contribution in [3.05, 3.63) is 79.0 Å². The summed E-state index contributed by atoms with van der Waals surface area (Å²) in [7, 11) is 3.74. The van der Waals surface area contributed by atoms with Gasteiger partial charge in [0.05, 0.1) is 42.7 Å². The molecule has 0 aliphatic carbocycles. The number of aryl methyl sites for hydroxylation is 2. The fourth-order valence-corrected chi connectivity index (χ4v) is 4.62. The first-order chi connectivity index (χ1) is 18.9. The molecule has 0 saturated carbocycles. The van der Waals surface area contributed by atoms with Crippen LogP contribution in [-0.4, -0.2) is 33.7 Å². The third kappa shape index (κ3) is 7.02. The lowest BCUT2D eigenvalue weighted by Crippen LogP contribution is -2.40. The van der Waals surface area contributed by atoms with Crippen molar-refractivity contribution in [2.24, 2.45) is 23.0 Å². The summed E-state index contributed by atoms with van der Waals surface area (Å²) in [6.07, 6.45) is 12.9. The lowest BCUT2D eigenvalue weighted by Gasteiger charge is -2.14. The zero-order valence-corrected chi connectivity index (χ0v) is 23.2. The first-order valence-corrected chi connectivity index (χ1v) is 13.6. The molecule has 8 nitrogen and oxygen atoms in total. The number of aliphatic imine (C=N–C) groups is 2. The summed E-state index contributed by atoms with van der Waals surface area (Å²) < 4.78 is 11.6. The molecule has 4 rings (SSSR count). The van der Waals surface area contributed by atoms with Gasteiger partial charge in [0.2, 0.25) is 0 Å². The number of allylic oxidation sites excluding steroid dienone is 1. The SMILES string of the molecule is CCCCC1C=C[N+](C)=C1C([O-])=Nc1cccc(Oc2ccc(N=C([O-])c3n(CCCC)cc[n+]3C)cc2)c1. The average Bonchev–Trinajstić information content (AvgIpc) is 3.49. The number of rotatable bonds is 12. The molecule has 2 aromatic carbocycles. The minimum atomic E-state index is -0.288. The minimum absolute atomic E-state index is 0.101. The van der Waals surface area contributed by atoms with Crippen LogP contribution in [-0.2, 0) is 13.6 Å². The molecule has 0 bridgehead atoms. The monoisotopic (exact) mass is 527 g/mol. The molecule has 1 atom stereocenters. The van der Waals surface area contributed by atoms with E-state index in [1.54, 1.807) is 41.0 Å². The van der Waals surface area contributed by atoms with Crippen LogP contribution in [0.25, 0.3) is 0 Å². The molecular formula is C31H37N5O3. The maximum absolute atomic E-state index is 13.0. The number of hydrogen-bond donors (Lipinski definition) is 0. The second-order valence-corrected chi connectivity index (χ2v) is 9.79. The van der Waals surface area contributed by atoms with Crippen molar-refractivity contribution in [2.75, 3.05) is 7.05 Å². The van der Waals surface area contributed by atoms with Gasteiger partial charge in [-0.15, -0.1) is 0 Å². The maximum atomic E-state index is 13.0. The maximum Gasteiger partial charge on any atom is 0.292 e. The second-order valence-electron chi connectivity index (χ2n) is 9.79. The zero-order chi connectivity index (χ0) is 27.8. The Labute approximate surface area is 230 Å². The number of nitrogens with zero attached hydrogens (tertiary/aromatic N) is 5. The van der Waals surface area contributed by atoms with Crippen LogP contribution in [0.4, 0.5) is 11.4 Å². The molecular weight excluding hydrogens is 490 g/mol. The lowest BCUT2D eigenvalue weighted by molar-refractivity contribution is -0.674. The van der Waals surface area contributed by atoms with E-state index in [0.717, 1.165) is 38.6 Å². The standard InChI is InChI=1S/C31H37N5O3/c1-5-7-10-23-17-19-34(3)28(23)29(37)33-25-11-9-12-27(22-25)39-26-15-13-24(14-16-26)32-30(38)31-35(4)20-21-36(31)18-8-6-2/h9,11-17,19-23H,5-8,10,18H2,1-4H3. The van der Waals surface area contributed by atoms with Crippen LogP contribution in [0.2, 0.25) is 0 Å². The topological polar surface area (TPSA) is 91.9 Å². The van der Waals surface area contributed by atoms with Crippen molar-refractivity contribution < 1.29 is 24.1 Å². The van der Waals surface area contributed by atoms with Crippen molar-refractivity contribution in [1.82, 2.24) is 4.57 Å². The summed E-state index contributed by atoms with van der Waals surface area (Å²) in [6.45, 7) is 5.05. The number of unbranched alkanes of at least 4 members (excludes halogenated alkanes) is 2. The van der Waals surface area contributed by atoms with Gasteiger partial charge in [-0.1, -0.05) is 39.2 Å². The molecule has 1 unspecified atom stereocenters. The molecule has 39 heavy (non-hydrogen) atoms. The van der Waals surface area contributed by atoms with Crippen LogP contribution >= 0.6 is 0 Å². The van der Waals surface area contributed by atoms with E-state index in [4.69, 9.17) is 4.74 Å². The third-order valence-electron chi connectivity index (χ3n) is 6.73. The van der Waals surface area contributed by atoms with Crippen molar-refractivity contribution in [2.45, 2.75) is 52.5 Å².